The number of hydrogen-bond donors (Lipinski definition) is 6. The zero-order chi connectivity index (χ0) is 43.5. The molecular formula is C41H40N12O6S2. The van der Waals surface area contributed by atoms with Crippen molar-refractivity contribution in [1.82, 2.24) is 10.6 Å². The maximum atomic E-state index is 13.0. The summed E-state index contributed by atoms with van der Waals surface area (Å²) in [6.07, 6.45) is -1.18. The molecule has 0 bridgehead atoms. The topological polar surface area (TPSA) is 268 Å². The number of ether oxygens (including phenoxy) is 4. The molecule has 0 aliphatic carbocycles. The van der Waals surface area contributed by atoms with E-state index in [-0.39, 0.29) is 41.7 Å². The van der Waals surface area contributed by atoms with E-state index in [9.17, 15) is 20.1 Å². The van der Waals surface area contributed by atoms with Crippen LogP contribution in [0.3, 0.4) is 0 Å². The zero-order valence-corrected chi connectivity index (χ0v) is 34.9. The quantitative estimate of drug-likeness (QED) is 0.103. The Morgan fingerprint density at radius 3 is 1.46 bits per heavy atom. The number of anilines is 2. The summed E-state index contributed by atoms with van der Waals surface area (Å²) >= 11 is 2.26. The normalized spacial score (nSPS) is 15.4. The van der Waals surface area contributed by atoms with Gasteiger partial charge in [-0.3, -0.25) is 9.59 Å². The van der Waals surface area contributed by atoms with E-state index in [0.29, 0.717) is 78.1 Å². The number of amidine groups is 2. The Morgan fingerprint density at radius 1 is 0.656 bits per heavy atom. The molecule has 8 N–H and O–H groups in total. The third-order valence-electron chi connectivity index (χ3n) is 8.98. The van der Waals surface area contributed by atoms with Crippen LogP contribution in [0.1, 0.15) is 45.7 Å². The van der Waals surface area contributed by atoms with Crippen molar-refractivity contribution in [2.75, 3.05) is 50.6 Å². The molecule has 0 fully saturated rings. The number of thioether (sulfide) groups is 2. The second kappa shape index (κ2) is 20.0. The molecule has 4 aromatic carbocycles. The second-order valence-corrected chi connectivity index (χ2v) is 14.8. The van der Waals surface area contributed by atoms with Gasteiger partial charge in [-0.15, -0.1) is 0 Å². The van der Waals surface area contributed by atoms with Gasteiger partial charge in [0.2, 0.25) is 11.8 Å². The number of amides is 2. The van der Waals surface area contributed by atoms with Crippen LogP contribution in [0.4, 0.5) is 11.4 Å². The third-order valence-corrected chi connectivity index (χ3v) is 10.8. The first-order valence-electron chi connectivity index (χ1n) is 18.3. The van der Waals surface area contributed by atoms with Crippen molar-refractivity contribution in [3.8, 4) is 35.1 Å². The molecular weight excluding hydrogens is 821 g/mol. The van der Waals surface area contributed by atoms with Crippen LogP contribution in [0.25, 0.3) is 0 Å². The molecule has 2 atom stereocenters. The van der Waals surface area contributed by atoms with Crippen LogP contribution in [0.2, 0.25) is 0 Å². The maximum absolute atomic E-state index is 13.0. The lowest BCUT2D eigenvalue weighted by atomic mass is 9.96. The summed E-state index contributed by atoms with van der Waals surface area (Å²) in [5, 5.41) is 32.2. The molecule has 2 heterocycles. The molecule has 4 aromatic rings. The van der Waals surface area contributed by atoms with E-state index in [2.05, 4.69) is 53.4 Å². The zero-order valence-electron chi connectivity index (χ0n) is 33.3. The molecule has 312 valence electrons. The maximum Gasteiger partial charge on any atom is 0.234 e. The second-order valence-electron chi connectivity index (χ2n) is 12.9. The SMILES string of the molecule is COc1cccc(C2N=C(N)NC(SCC(=O)Nc3ccc(Cc4ccc(NC(=O)CSC5=NC(c6cccc(OC)c6OC)N=C(N)N5)cc4C#N)c(C#N)c3)=N2)c1OC. The molecule has 2 unspecified atom stereocenters. The Bertz CT molecular complexity index is 2380. The predicted octanol–water partition coefficient (Wildman–Crippen LogP) is 4.34. The van der Waals surface area contributed by atoms with E-state index in [0.717, 1.165) is 23.5 Å². The van der Waals surface area contributed by atoms with Gasteiger partial charge >= 0.3 is 0 Å². The van der Waals surface area contributed by atoms with Gasteiger partial charge in [-0.2, -0.15) is 10.5 Å². The van der Waals surface area contributed by atoms with E-state index in [1.807, 2.05) is 0 Å². The number of carbonyl (C=O) groups is 2. The first-order chi connectivity index (χ1) is 29.5. The lowest BCUT2D eigenvalue weighted by Gasteiger charge is -2.21. The number of benzene rings is 4. The van der Waals surface area contributed by atoms with Gasteiger partial charge in [0, 0.05) is 28.9 Å². The summed E-state index contributed by atoms with van der Waals surface area (Å²) in [6, 6.07) is 25.0. The summed E-state index contributed by atoms with van der Waals surface area (Å²) in [6.45, 7) is 0. The fourth-order valence-corrected chi connectivity index (χ4v) is 7.62. The minimum Gasteiger partial charge on any atom is -0.493 e. The number of methoxy groups -OCH3 is 4. The summed E-state index contributed by atoms with van der Waals surface area (Å²) in [5.41, 5.74) is 16.1. The highest BCUT2D eigenvalue weighted by Gasteiger charge is 2.25. The number of nitrogens with zero attached hydrogens (tertiary/aromatic N) is 6. The first-order valence-corrected chi connectivity index (χ1v) is 20.2. The molecule has 20 heteroatoms. The van der Waals surface area contributed by atoms with Crippen LogP contribution in [0.5, 0.6) is 23.0 Å². The summed E-state index contributed by atoms with van der Waals surface area (Å²) in [4.78, 5) is 43.9. The van der Waals surface area contributed by atoms with E-state index < -0.39 is 12.3 Å². The number of para-hydroxylation sites is 2. The van der Waals surface area contributed by atoms with Crippen molar-refractivity contribution in [2.45, 2.75) is 18.8 Å². The Labute approximate surface area is 359 Å². The average Bonchev–Trinajstić information content (AvgIpc) is 3.27. The van der Waals surface area contributed by atoms with Crippen LogP contribution in [-0.2, 0) is 16.0 Å². The van der Waals surface area contributed by atoms with Crippen LogP contribution in [0, 0.1) is 22.7 Å². The number of nitriles is 2. The smallest absolute Gasteiger partial charge is 0.234 e. The Balaban J connectivity index is 1.04. The molecule has 2 amide bonds. The minimum atomic E-state index is -0.716. The number of hydrogen-bond acceptors (Lipinski definition) is 18. The van der Waals surface area contributed by atoms with Gasteiger partial charge in [-0.05, 0) is 47.5 Å². The van der Waals surface area contributed by atoms with Gasteiger partial charge in [0.15, 0.2) is 57.6 Å². The van der Waals surface area contributed by atoms with Crippen LogP contribution < -0.4 is 51.7 Å². The highest BCUT2D eigenvalue weighted by atomic mass is 32.2. The van der Waals surface area contributed by atoms with Crippen molar-refractivity contribution < 1.29 is 28.5 Å². The molecule has 0 spiro atoms. The molecule has 0 radical (unpaired) electrons. The molecule has 0 aromatic heterocycles. The van der Waals surface area contributed by atoms with Crippen molar-refractivity contribution in [2.24, 2.45) is 31.4 Å². The predicted molar refractivity (Wildman–Crippen MR) is 236 cm³/mol. The highest BCUT2D eigenvalue weighted by Crippen LogP contribution is 2.39. The molecule has 61 heavy (non-hydrogen) atoms. The van der Waals surface area contributed by atoms with Gasteiger partial charge in [-0.25, -0.2) is 20.0 Å². The monoisotopic (exact) mass is 860 g/mol. The number of guanidine groups is 2. The largest absolute Gasteiger partial charge is 0.493 e. The van der Waals surface area contributed by atoms with Crippen molar-refractivity contribution in [3.63, 3.8) is 0 Å². The number of nitrogens with one attached hydrogen (secondary N) is 4. The van der Waals surface area contributed by atoms with E-state index in [1.54, 1.807) is 72.8 Å². The molecule has 2 aliphatic rings. The molecule has 2 aliphatic heterocycles. The van der Waals surface area contributed by atoms with Gasteiger partial charge in [0.25, 0.3) is 0 Å². The van der Waals surface area contributed by atoms with E-state index in [4.69, 9.17) is 30.4 Å². The van der Waals surface area contributed by atoms with Crippen molar-refractivity contribution >= 4 is 69.0 Å². The van der Waals surface area contributed by atoms with Gasteiger partial charge in [0.05, 0.1) is 63.2 Å². The fraction of sp³-hybridized carbons (Fsp3) is 0.220. The molecule has 0 saturated heterocycles. The van der Waals surface area contributed by atoms with Crippen LogP contribution >= 0.6 is 23.5 Å². The minimum absolute atomic E-state index is 0.0205. The van der Waals surface area contributed by atoms with Gasteiger partial charge < -0.3 is 51.7 Å². The van der Waals surface area contributed by atoms with E-state index >= 15 is 0 Å². The summed E-state index contributed by atoms with van der Waals surface area (Å²) < 4.78 is 21.8. The van der Waals surface area contributed by atoms with Crippen molar-refractivity contribution in [3.05, 3.63) is 106 Å². The first kappa shape index (κ1) is 43.2. The Kier molecular flexibility index (Phi) is 14.2. The number of aliphatic imine (C=N–C) groups is 4. The standard InChI is InChI=1S/C41H40N12O6S2/c1-56-30-9-5-7-28(34(30)58-3)36-48-38(44)52-40(50-36)60-20-32(54)46-26-13-11-22(24(16-26)18-42)15-23-12-14-27(17-25(23)19-43)47-33(55)21-61-41-51-37(49-39(45)53-41)29-8-6-10-31(57-2)35(29)59-4/h5-14,16-17,36-37H,15,20-21H2,1-4H3,(H,46,54)(H,47,55)(H3,44,48,50,52)(H3,45,49,51,53). The Hall–Kier alpha value is -7.42. The molecule has 6 rings (SSSR count). The molecule has 0 saturated carbocycles. The number of carbonyl (C=O) groups excluding carboxylic acids is 2. The van der Waals surface area contributed by atoms with Gasteiger partial charge in [-0.1, -0.05) is 59.9 Å². The number of rotatable bonds is 14. The average molecular weight is 861 g/mol. The van der Waals surface area contributed by atoms with Crippen molar-refractivity contribution in [1.29, 1.82) is 10.5 Å². The lowest BCUT2D eigenvalue weighted by molar-refractivity contribution is -0.114. The van der Waals surface area contributed by atoms with Gasteiger partial charge in [0.1, 0.15) is 0 Å². The summed E-state index contributed by atoms with van der Waals surface area (Å²) in [7, 11) is 6.11. The highest BCUT2D eigenvalue weighted by molar-refractivity contribution is 8.14. The Morgan fingerprint density at radius 2 is 1.08 bits per heavy atom. The lowest BCUT2D eigenvalue weighted by Crippen LogP contribution is -2.39. The number of nitrogens with two attached hydrogens (primary N) is 2. The van der Waals surface area contributed by atoms with Crippen LogP contribution in [0.15, 0.2) is 92.8 Å². The van der Waals surface area contributed by atoms with E-state index in [1.165, 1.54) is 28.4 Å². The van der Waals surface area contributed by atoms with Crippen LogP contribution in [-0.4, -0.2) is 74.0 Å². The molecule has 18 nitrogen and oxygen atoms in total. The third kappa shape index (κ3) is 10.6. The summed E-state index contributed by atoms with van der Waals surface area (Å²) in [5.74, 6) is 1.51. The fourth-order valence-electron chi connectivity index (χ4n) is 6.24.